The second-order valence-electron chi connectivity index (χ2n) is 16.9. The average molecular weight is 992 g/mol. The highest BCUT2D eigenvalue weighted by atomic mass is 35.5. The molecule has 1 amide bonds. The molecule has 66 heavy (non-hydrogen) atoms. The summed E-state index contributed by atoms with van der Waals surface area (Å²) in [5.74, 6) is -4.94. The number of hydrogen-bond acceptors (Lipinski definition) is 8. The van der Waals surface area contributed by atoms with E-state index >= 15 is 8.78 Å². The minimum absolute atomic E-state index is 0.138. The number of halogens is 10. The van der Waals surface area contributed by atoms with Gasteiger partial charge < -0.3 is 5.32 Å². The summed E-state index contributed by atoms with van der Waals surface area (Å²) in [6, 6.07) is 5.65. The lowest BCUT2D eigenvalue weighted by molar-refractivity contribution is -0.141. The van der Waals surface area contributed by atoms with Crippen LogP contribution in [-0.2, 0) is 50.1 Å². The molecule has 1 saturated carbocycles. The molecule has 0 bridgehead atoms. The first-order valence-corrected chi connectivity index (χ1v) is 23.8. The topological polar surface area (TPSA) is 158 Å². The fourth-order valence-electron chi connectivity index (χ4n) is 7.70. The van der Waals surface area contributed by atoms with E-state index in [1.807, 2.05) is 0 Å². The largest absolute Gasteiger partial charge is 0.408 e. The molecule has 0 unspecified atom stereocenters. The second-order valence-corrected chi connectivity index (χ2v) is 21.8. The number of alkyl halides is 7. The van der Waals surface area contributed by atoms with E-state index in [0.29, 0.717) is 15.4 Å². The van der Waals surface area contributed by atoms with Crippen LogP contribution in [0, 0.1) is 29.4 Å². The van der Waals surface area contributed by atoms with Crippen LogP contribution in [-0.4, -0.2) is 69.7 Å². The molecule has 12 nitrogen and oxygen atoms in total. The molecule has 5 aromatic rings. The fourth-order valence-corrected chi connectivity index (χ4v) is 9.52. The zero-order valence-corrected chi connectivity index (χ0v) is 37.7. The van der Waals surface area contributed by atoms with Crippen LogP contribution in [0.3, 0.4) is 0 Å². The van der Waals surface area contributed by atoms with Crippen molar-refractivity contribution in [2.45, 2.75) is 101 Å². The van der Waals surface area contributed by atoms with Crippen molar-refractivity contribution in [3.05, 3.63) is 93.0 Å². The minimum Gasteiger partial charge on any atom is -0.346 e. The van der Waals surface area contributed by atoms with Gasteiger partial charge in [0.1, 0.15) is 46.6 Å². The number of carbonyl (C=O) groups is 1. The number of benzene rings is 2. The molecule has 2 aliphatic carbocycles. The smallest absolute Gasteiger partial charge is 0.346 e. The first-order valence-electron chi connectivity index (χ1n) is 20.0. The summed E-state index contributed by atoms with van der Waals surface area (Å²) >= 11 is 6.57. The number of aromatic nitrogens is 5. The van der Waals surface area contributed by atoms with Crippen molar-refractivity contribution in [1.82, 2.24) is 29.9 Å². The Kier molecular flexibility index (Phi) is 12.6. The Morgan fingerprint density at radius 2 is 1.59 bits per heavy atom. The van der Waals surface area contributed by atoms with E-state index < -0.39 is 132 Å². The highest BCUT2D eigenvalue weighted by molar-refractivity contribution is 7.93. The van der Waals surface area contributed by atoms with Crippen molar-refractivity contribution in [2.24, 2.45) is 5.92 Å². The van der Waals surface area contributed by atoms with Crippen LogP contribution in [0.4, 0.5) is 45.3 Å². The number of rotatable bonds is 13. The van der Waals surface area contributed by atoms with Gasteiger partial charge in [-0.1, -0.05) is 37.4 Å². The van der Waals surface area contributed by atoms with Crippen molar-refractivity contribution in [1.29, 1.82) is 0 Å². The van der Waals surface area contributed by atoms with Gasteiger partial charge in [0, 0.05) is 34.9 Å². The molecule has 0 aliphatic heterocycles. The predicted molar refractivity (Wildman–Crippen MR) is 225 cm³/mol. The van der Waals surface area contributed by atoms with Gasteiger partial charge in [-0.25, -0.2) is 39.4 Å². The van der Waals surface area contributed by atoms with Crippen LogP contribution in [0.2, 0.25) is 5.02 Å². The molecule has 2 aliphatic rings. The Morgan fingerprint density at radius 3 is 2.18 bits per heavy atom. The first kappa shape index (κ1) is 48.6. The predicted octanol–water partition coefficient (Wildman–Crippen LogP) is 8.75. The van der Waals surface area contributed by atoms with Crippen molar-refractivity contribution < 1.29 is 61.1 Å². The molecule has 3 aromatic heterocycles. The van der Waals surface area contributed by atoms with E-state index in [-0.39, 0.29) is 51.3 Å². The summed E-state index contributed by atoms with van der Waals surface area (Å²) in [7, 11) is -7.98. The van der Waals surface area contributed by atoms with Crippen molar-refractivity contribution in [3.8, 4) is 23.0 Å². The third-order valence-electron chi connectivity index (χ3n) is 11.6. The second kappa shape index (κ2) is 17.1. The van der Waals surface area contributed by atoms with Gasteiger partial charge in [-0.05, 0) is 80.8 Å². The Bertz CT molecular complexity index is 3050. The van der Waals surface area contributed by atoms with E-state index in [2.05, 4.69) is 37.1 Å². The van der Waals surface area contributed by atoms with Crippen molar-refractivity contribution in [3.63, 3.8) is 0 Å². The maximum absolute atomic E-state index is 15.7. The molecule has 0 saturated heterocycles. The van der Waals surface area contributed by atoms with Crippen LogP contribution in [0.25, 0.3) is 22.0 Å². The zero-order chi connectivity index (χ0) is 48.6. The Hall–Kier alpha value is -5.34. The van der Waals surface area contributed by atoms with Crippen LogP contribution < -0.4 is 10.0 Å². The molecular weight excluding hydrogens is 953 g/mol. The number of amides is 1. The summed E-state index contributed by atoms with van der Waals surface area (Å²) < 4.78 is 185. The number of pyridine rings is 1. The summed E-state index contributed by atoms with van der Waals surface area (Å²) in [5.41, 5.74) is -3.67. The summed E-state index contributed by atoms with van der Waals surface area (Å²) in [5, 5.41) is 8.84. The standard InChI is InChI=1S/C42H39ClF9N7O5S2/c1-20-21(2)42(51,52)37-32(20)35(38(46)47)55-58(37)18-31(60)54-30(16-22-14-23(44)17-24(45)15-22)34-27(9-6-25(53-34)12-13-40(3,4)65(5,61)62)28-10-11-29(43)33-36(28)59(19-41(48,49)50)56-39(33)57-66(63,64)26-7-8-26/h6,9-11,14-15,17,20-21,26,30,38H,7-8,16,18-19H2,1-5H3,(H,54,60)(H,56,57)/t20-,21+,30-/m0/s1. The normalized spacial score (nSPS) is 18.0. The maximum atomic E-state index is 15.7. The van der Waals surface area contributed by atoms with E-state index in [0.717, 1.165) is 25.3 Å². The lowest BCUT2D eigenvalue weighted by Gasteiger charge is -2.24. The van der Waals surface area contributed by atoms with Gasteiger partial charge in [0.25, 0.3) is 12.3 Å². The molecule has 3 heterocycles. The summed E-state index contributed by atoms with van der Waals surface area (Å²) in [4.78, 5) is 18.7. The third kappa shape index (κ3) is 9.58. The summed E-state index contributed by atoms with van der Waals surface area (Å²) in [6.45, 7) is 2.17. The monoisotopic (exact) mass is 991 g/mol. The third-order valence-corrected chi connectivity index (χ3v) is 15.7. The molecule has 0 radical (unpaired) electrons. The molecule has 354 valence electrons. The minimum atomic E-state index is -4.96. The highest BCUT2D eigenvalue weighted by Crippen LogP contribution is 2.54. The maximum Gasteiger partial charge on any atom is 0.408 e. The number of anilines is 1. The number of fused-ring (bicyclic) bond motifs is 2. The molecular formula is C42H39ClF9N7O5S2. The Morgan fingerprint density at radius 1 is 0.955 bits per heavy atom. The molecule has 2 aromatic carbocycles. The summed E-state index contributed by atoms with van der Waals surface area (Å²) in [6.07, 6.45) is -7.36. The van der Waals surface area contributed by atoms with Crippen LogP contribution in [0.1, 0.15) is 92.8 Å². The Labute approximate surface area is 377 Å². The molecule has 3 atom stereocenters. The molecule has 24 heteroatoms. The number of nitrogens with one attached hydrogen (secondary N) is 2. The zero-order valence-electron chi connectivity index (χ0n) is 35.3. The van der Waals surface area contributed by atoms with E-state index in [4.69, 9.17) is 11.6 Å². The van der Waals surface area contributed by atoms with Crippen molar-refractivity contribution >= 4 is 54.1 Å². The SMILES string of the molecule is C[C@@H]1c2c(C(F)F)nn(CC(=O)N[C@@H](Cc3cc(F)cc(F)c3)c3nc(C#CC(C)(C)S(C)(=O)=O)ccc3-c3ccc(Cl)c4c(NS(=O)(=O)C5CC5)nn(CC(F)(F)F)c34)c2C(F)(F)[C@@H]1C. The van der Waals surface area contributed by atoms with E-state index in [1.165, 1.54) is 45.0 Å². The fraction of sp³-hybridized carbons (Fsp3) is 0.429. The van der Waals surface area contributed by atoms with Crippen molar-refractivity contribution in [2.75, 3.05) is 11.0 Å². The first-order chi connectivity index (χ1) is 30.5. The lowest BCUT2D eigenvalue weighted by Crippen LogP contribution is -2.35. The van der Waals surface area contributed by atoms with Gasteiger partial charge in [-0.2, -0.15) is 32.1 Å². The average Bonchev–Trinajstić information content (AvgIpc) is 3.87. The van der Waals surface area contributed by atoms with Crippen LogP contribution in [0.15, 0.2) is 42.5 Å². The van der Waals surface area contributed by atoms with E-state index in [1.54, 1.807) is 0 Å². The van der Waals surface area contributed by atoms with Crippen LogP contribution >= 0.6 is 11.6 Å². The van der Waals surface area contributed by atoms with Gasteiger partial charge in [0.15, 0.2) is 15.7 Å². The highest BCUT2D eigenvalue weighted by Gasteiger charge is 2.55. The van der Waals surface area contributed by atoms with Gasteiger partial charge >= 0.3 is 6.18 Å². The molecule has 1 fully saturated rings. The van der Waals surface area contributed by atoms with Gasteiger partial charge in [-0.3, -0.25) is 18.9 Å². The number of nitrogens with zero attached hydrogens (tertiary/aromatic N) is 5. The van der Waals surface area contributed by atoms with Gasteiger partial charge in [0.2, 0.25) is 15.9 Å². The number of hydrogen-bond donors (Lipinski definition) is 2. The van der Waals surface area contributed by atoms with Gasteiger partial charge in [0.05, 0.1) is 32.9 Å². The number of sulfonamides is 1. The lowest BCUT2D eigenvalue weighted by atomic mass is 9.93. The number of carbonyl (C=O) groups excluding carboxylic acids is 1. The number of sulfone groups is 1. The Balaban J connectivity index is 1.46. The van der Waals surface area contributed by atoms with Gasteiger partial charge in [-0.15, -0.1) is 0 Å². The van der Waals surface area contributed by atoms with Crippen LogP contribution in [0.5, 0.6) is 0 Å². The molecule has 0 spiro atoms. The molecule has 2 N–H and O–H groups in total. The quantitative estimate of drug-likeness (QED) is 0.0876. The van der Waals surface area contributed by atoms with E-state index in [9.17, 15) is 52.4 Å². The molecule has 7 rings (SSSR count).